The minimum atomic E-state index is -3.34. The molecule has 0 radical (unpaired) electrons. The summed E-state index contributed by atoms with van der Waals surface area (Å²) in [6.45, 7) is -0.140. The van der Waals surface area contributed by atoms with Crippen molar-refractivity contribution in [3.05, 3.63) is 81.8 Å². The fourth-order valence-electron chi connectivity index (χ4n) is 3.54. The van der Waals surface area contributed by atoms with Crippen LogP contribution in [-0.2, 0) is 14.6 Å². The van der Waals surface area contributed by atoms with Gasteiger partial charge in [-0.1, -0.05) is 41.4 Å². The Bertz CT molecular complexity index is 1540. The Hall–Kier alpha value is -4.13. The second kappa shape index (κ2) is 13.3. The van der Waals surface area contributed by atoms with E-state index in [0.29, 0.717) is 16.8 Å². The van der Waals surface area contributed by atoms with Crippen LogP contribution in [0.5, 0.6) is 0 Å². The lowest BCUT2D eigenvalue weighted by Crippen LogP contribution is -2.40. The first-order valence-electron chi connectivity index (χ1n) is 11.7. The molecule has 3 rings (SSSR count). The van der Waals surface area contributed by atoms with Gasteiger partial charge in [0.05, 0.1) is 27.0 Å². The van der Waals surface area contributed by atoms with Crippen LogP contribution in [0.3, 0.4) is 0 Å². The van der Waals surface area contributed by atoms with Crippen molar-refractivity contribution in [3.8, 4) is 11.1 Å². The van der Waals surface area contributed by atoms with Gasteiger partial charge in [-0.3, -0.25) is 19.8 Å². The highest BCUT2D eigenvalue weighted by Gasteiger charge is 2.17. The van der Waals surface area contributed by atoms with Crippen LogP contribution in [-0.4, -0.2) is 58.0 Å². The molecule has 0 aliphatic heterocycles. The molecular weight excluding hydrogens is 579 g/mol. The zero-order chi connectivity index (χ0) is 29.4. The number of anilines is 1. The standard InChI is InChI=1S/C26H26Cl2N6O5S/c1-40(38,39)19-7-5-15(6-8-19)17-12-20(27)23(21(28)13-17)25(37)32-10-9-31-22(35)14-33-24(36)16-3-2-4-18(11-16)34-26(29)30/h2-8,11-13H,9-10,14H2,1H3,(H,31,35)(H,32,37)(H,33,36)(H4,29,30,34). The fraction of sp³-hybridized carbons (Fsp3) is 0.154. The Labute approximate surface area is 240 Å². The summed E-state index contributed by atoms with van der Waals surface area (Å²) in [6, 6.07) is 15.5. The number of carbonyl (C=O) groups is 3. The van der Waals surface area contributed by atoms with Crippen molar-refractivity contribution in [1.29, 1.82) is 5.41 Å². The molecule has 0 saturated carbocycles. The number of benzene rings is 3. The topological polar surface area (TPSA) is 183 Å². The normalized spacial score (nSPS) is 10.9. The summed E-state index contributed by atoms with van der Waals surface area (Å²) in [4.78, 5) is 37.2. The minimum Gasteiger partial charge on any atom is -0.370 e. The number of carbonyl (C=O) groups excluding carboxylic acids is 3. The molecule has 0 aliphatic carbocycles. The van der Waals surface area contributed by atoms with Crippen LogP contribution >= 0.6 is 23.2 Å². The summed E-state index contributed by atoms with van der Waals surface area (Å²) in [5.41, 5.74) is 7.33. The Morgan fingerprint density at radius 1 is 0.850 bits per heavy atom. The lowest BCUT2D eigenvalue weighted by atomic mass is 10.0. The van der Waals surface area contributed by atoms with Crippen molar-refractivity contribution in [2.75, 3.05) is 31.2 Å². The first kappa shape index (κ1) is 30.4. The lowest BCUT2D eigenvalue weighted by Gasteiger charge is -2.12. The summed E-state index contributed by atoms with van der Waals surface area (Å²) in [5.74, 6) is -1.78. The number of hydrogen-bond donors (Lipinski definition) is 6. The van der Waals surface area contributed by atoms with Gasteiger partial charge < -0.3 is 27.0 Å². The third-order valence-electron chi connectivity index (χ3n) is 5.43. The van der Waals surface area contributed by atoms with Crippen LogP contribution in [0.25, 0.3) is 11.1 Å². The fourth-order valence-corrected chi connectivity index (χ4v) is 4.83. The molecule has 11 nitrogen and oxygen atoms in total. The van der Waals surface area contributed by atoms with Crippen LogP contribution in [0.4, 0.5) is 5.69 Å². The van der Waals surface area contributed by atoms with E-state index in [2.05, 4.69) is 21.3 Å². The number of hydrogen-bond acceptors (Lipinski definition) is 6. The summed E-state index contributed by atoms with van der Waals surface area (Å²) < 4.78 is 23.3. The monoisotopic (exact) mass is 604 g/mol. The van der Waals surface area contributed by atoms with E-state index in [9.17, 15) is 22.8 Å². The van der Waals surface area contributed by atoms with Gasteiger partial charge >= 0.3 is 0 Å². The van der Waals surface area contributed by atoms with E-state index in [1.807, 2.05) is 0 Å². The summed E-state index contributed by atoms with van der Waals surface area (Å²) in [5, 5.41) is 17.7. The lowest BCUT2D eigenvalue weighted by molar-refractivity contribution is -0.120. The predicted molar refractivity (Wildman–Crippen MR) is 155 cm³/mol. The minimum absolute atomic E-state index is 0.0555. The molecule has 3 amide bonds. The molecule has 210 valence electrons. The van der Waals surface area contributed by atoms with Crippen LogP contribution in [0, 0.1) is 5.41 Å². The third-order valence-corrected chi connectivity index (χ3v) is 7.16. The molecule has 0 heterocycles. The van der Waals surface area contributed by atoms with Crippen molar-refractivity contribution < 1.29 is 22.8 Å². The number of nitrogens with one attached hydrogen (secondary N) is 5. The number of halogens is 2. The average molecular weight is 606 g/mol. The van der Waals surface area contributed by atoms with Crippen molar-refractivity contribution in [2.45, 2.75) is 4.90 Å². The Kier molecular flexibility index (Phi) is 10.1. The maximum Gasteiger partial charge on any atom is 0.254 e. The van der Waals surface area contributed by atoms with Crippen LogP contribution in [0.1, 0.15) is 20.7 Å². The average Bonchev–Trinajstić information content (AvgIpc) is 2.88. The van der Waals surface area contributed by atoms with E-state index < -0.39 is 27.6 Å². The van der Waals surface area contributed by atoms with E-state index in [-0.39, 0.29) is 51.7 Å². The quantitative estimate of drug-likeness (QED) is 0.117. The molecule has 7 N–H and O–H groups in total. The molecule has 0 bridgehead atoms. The molecule has 0 spiro atoms. The van der Waals surface area contributed by atoms with Gasteiger partial charge in [-0.25, -0.2) is 8.42 Å². The summed E-state index contributed by atoms with van der Waals surface area (Å²) in [6.07, 6.45) is 1.12. The second-order valence-electron chi connectivity index (χ2n) is 8.52. The molecule has 0 atom stereocenters. The van der Waals surface area contributed by atoms with E-state index in [1.54, 1.807) is 42.5 Å². The number of nitrogens with two attached hydrogens (primary N) is 1. The third kappa shape index (κ3) is 8.43. The van der Waals surface area contributed by atoms with Crippen molar-refractivity contribution >= 4 is 62.4 Å². The first-order valence-corrected chi connectivity index (χ1v) is 14.3. The molecule has 14 heteroatoms. The number of amides is 3. The predicted octanol–water partition coefficient (Wildman–Crippen LogP) is 2.65. The van der Waals surface area contributed by atoms with Gasteiger partial charge in [0.25, 0.3) is 11.8 Å². The molecule has 0 fully saturated rings. The van der Waals surface area contributed by atoms with Crippen LogP contribution < -0.4 is 27.0 Å². The smallest absolute Gasteiger partial charge is 0.254 e. The molecule has 0 aliphatic rings. The molecule has 0 unspecified atom stereocenters. The van der Waals surface area contributed by atoms with Gasteiger partial charge in [-0.05, 0) is 53.6 Å². The van der Waals surface area contributed by atoms with Crippen LogP contribution in [0.15, 0.2) is 65.6 Å². The van der Waals surface area contributed by atoms with Gasteiger partial charge in [0, 0.05) is 30.6 Å². The van der Waals surface area contributed by atoms with Crippen molar-refractivity contribution in [2.24, 2.45) is 5.73 Å². The zero-order valence-corrected chi connectivity index (χ0v) is 23.5. The summed E-state index contributed by atoms with van der Waals surface area (Å²) >= 11 is 12.7. The molecule has 0 saturated heterocycles. The Balaban J connectivity index is 1.48. The number of guanidine groups is 1. The second-order valence-corrected chi connectivity index (χ2v) is 11.3. The number of sulfone groups is 1. The highest BCUT2D eigenvalue weighted by atomic mass is 35.5. The highest BCUT2D eigenvalue weighted by Crippen LogP contribution is 2.32. The SMILES string of the molecule is CS(=O)(=O)c1ccc(-c2cc(Cl)c(C(=O)NCCNC(=O)CNC(=O)c3cccc(NC(=N)N)c3)c(Cl)c2)cc1. The number of rotatable bonds is 10. The molecule has 3 aromatic rings. The van der Waals surface area contributed by atoms with Gasteiger partial charge in [0.1, 0.15) is 0 Å². The van der Waals surface area contributed by atoms with E-state index in [4.69, 9.17) is 34.3 Å². The van der Waals surface area contributed by atoms with Gasteiger partial charge in [-0.2, -0.15) is 0 Å². The van der Waals surface area contributed by atoms with Gasteiger partial charge in [0.2, 0.25) is 5.91 Å². The zero-order valence-electron chi connectivity index (χ0n) is 21.2. The molecule has 40 heavy (non-hydrogen) atoms. The van der Waals surface area contributed by atoms with Crippen LogP contribution in [0.2, 0.25) is 10.0 Å². The first-order chi connectivity index (χ1) is 18.8. The van der Waals surface area contributed by atoms with Gasteiger partial charge in [0.15, 0.2) is 15.8 Å². The Morgan fingerprint density at radius 2 is 1.48 bits per heavy atom. The highest BCUT2D eigenvalue weighted by molar-refractivity contribution is 7.90. The molecule has 3 aromatic carbocycles. The van der Waals surface area contributed by atoms with Crippen molar-refractivity contribution in [1.82, 2.24) is 16.0 Å². The Morgan fingerprint density at radius 3 is 2.08 bits per heavy atom. The molecule has 0 aromatic heterocycles. The van der Waals surface area contributed by atoms with Gasteiger partial charge in [-0.15, -0.1) is 0 Å². The summed E-state index contributed by atoms with van der Waals surface area (Å²) in [7, 11) is -3.34. The van der Waals surface area contributed by atoms with E-state index >= 15 is 0 Å². The molecular formula is C26H26Cl2N6O5S. The maximum absolute atomic E-state index is 12.7. The largest absolute Gasteiger partial charge is 0.370 e. The van der Waals surface area contributed by atoms with E-state index in [0.717, 1.165) is 6.26 Å². The maximum atomic E-state index is 12.7. The van der Waals surface area contributed by atoms with E-state index in [1.165, 1.54) is 18.2 Å². The van der Waals surface area contributed by atoms with Crippen molar-refractivity contribution in [3.63, 3.8) is 0 Å².